The summed E-state index contributed by atoms with van der Waals surface area (Å²) in [5, 5.41) is 6.30. The second-order valence-electron chi connectivity index (χ2n) is 17.4. The SMILES string of the molecule is c1ccc(N(c2ccc3c(c2)C2(c4ccccc4-c4ccccc42)c2ccccc2-3)c2ccc3c(oc4ccc5oc6ccccc6c5c43)c2-c2cccc3c2oc2ccccc23)cc1. The molecular formula is C61H35NO3. The predicted molar refractivity (Wildman–Crippen MR) is 265 cm³/mol. The van der Waals surface area contributed by atoms with E-state index in [4.69, 9.17) is 13.3 Å². The molecule has 4 heteroatoms. The van der Waals surface area contributed by atoms with Crippen molar-refractivity contribution in [2.45, 2.75) is 5.41 Å². The van der Waals surface area contributed by atoms with Crippen molar-refractivity contribution in [3.63, 3.8) is 0 Å². The normalized spacial score (nSPS) is 13.4. The number of benzene rings is 10. The highest BCUT2D eigenvalue weighted by Gasteiger charge is 2.51. The van der Waals surface area contributed by atoms with Crippen LogP contribution in [0.25, 0.3) is 99.2 Å². The summed E-state index contributed by atoms with van der Waals surface area (Å²) in [6.07, 6.45) is 0. The van der Waals surface area contributed by atoms with Gasteiger partial charge in [-0.1, -0.05) is 152 Å². The molecule has 3 aromatic heterocycles. The monoisotopic (exact) mass is 829 g/mol. The number of rotatable bonds is 4. The Hall–Kier alpha value is -8.60. The lowest BCUT2D eigenvalue weighted by Gasteiger charge is -2.32. The van der Waals surface area contributed by atoms with E-state index in [0.29, 0.717) is 0 Å². The van der Waals surface area contributed by atoms with Crippen molar-refractivity contribution in [2.24, 2.45) is 0 Å². The van der Waals surface area contributed by atoms with E-state index in [0.717, 1.165) is 94.0 Å². The van der Waals surface area contributed by atoms with Gasteiger partial charge < -0.3 is 18.2 Å². The predicted octanol–water partition coefficient (Wildman–Crippen LogP) is 16.9. The minimum absolute atomic E-state index is 0.498. The molecule has 0 aliphatic heterocycles. The van der Waals surface area contributed by atoms with Crippen LogP contribution in [-0.4, -0.2) is 0 Å². The van der Waals surface area contributed by atoms with Gasteiger partial charge in [0.05, 0.1) is 16.7 Å². The number of furan rings is 3. The molecule has 0 atom stereocenters. The van der Waals surface area contributed by atoms with Gasteiger partial charge in [-0.2, -0.15) is 0 Å². The molecule has 1 spiro atoms. The lowest BCUT2D eigenvalue weighted by molar-refractivity contribution is 0.662. The molecule has 0 radical (unpaired) electrons. The lowest BCUT2D eigenvalue weighted by atomic mass is 9.70. The summed E-state index contributed by atoms with van der Waals surface area (Å²) in [5.74, 6) is 0. The summed E-state index contributed by atoms with van der Waals surface area (Å²) in [4.78, 5) is 2.41. The number of hydrogen-bond acceptors (Lipinski definition) is 4. The van der Waals surface area contributed by atoms with Crippen LogP contribution in [0.3, 0.4) is 0 Å². The van der Waals surface area contributed by atoms with Crippen LogP contribution in [0, 0.1) is 0 Å². The Kier molecular flexibility index (Phi) is 6.85. The molecule has 3 heterocycles. The van der Waals surface area contributed by atoms with Gasteiger partial charge in [0.2, 0.25) is 0 Å². The minimum atomic E-state index is -0.498. The standard InChI is InChI=1S/C61H35NO3/c1-2-15-36(16-3-1)62(37-29-30-41-40-19-6-11-26-49(40)61(50(41)35-37)47-24-9-4-17-38(47)39-18-5-10-25-48(39)61)51-32-31-46-58-55(34-33-54-57(58)44-21-8-13-28-53(44)63-54)65-60(46)56(51)45-23-14-22-43-42-20-7-12-27-52(42)64-59(43)45/h1-35H. The molecule has 65 heavy (non-hydrogen) atoms. The van der Waals surface area contributed by atoms with Crippen molar-refractivity contribution in [1.82, 2.24) is 0 Å². The van der Waals surface area contributed by atoms with E-state index in [1.54, 1.807) is 0 Å². The van der Waals surface area contributed by atoms with Crippen LogP contribution in [0.1, 0.15) is 22.3 Å². The number of hydrogen-bond donors (Lipinski definition) is 0. The van der Waals surface area contributed by atoms with E-state index < -0.39 is 5.41 Å². The van der Waals surface area contributed by atoms with Gasteiger partial charge in [-0.15, -0.1) is 0 Å². The summed E-state index contributed by atoms with van der Waals surface area (Å²) in [7, 11) is 0. The Morgan fingerprint density at radius 3 is 1.57 bits per heavy atom. The van der Waals surface area contributed by atoms with Crippen molar-refractivity contribution in [3.05, 3.63) is 235 Å². The molecule has 2 aliphatic carbocycles. The van der Waals surface area contributed by atoms with E-state index in [-0.39, 0.29) is 0 Å². The van der Waals surface area contributed by atoms with Gasteiger partial charge in [0.25, 0.3) is 0 Å². The summed E-state index contributed by atoms with van der Waals surface area (Å²) >= 11 is 0. The molecule has 13 aromatic rings. The lowest BCUT2D eigenvalue weighted by Crippen LogP contribution is -2.26. The fourth-order valence-corrected chi connectivity index (χ4v) is 11.8. The van der Waals surface area contributed by atoms with Crippen molar-refractivity contribution in [2.75, 3.05) is 4.90 Å². The molecule has 0 fully saturated rings. The van der Waals surface area contributed by atoms with Crippen molar-refractivity contribution < 1.29 is 13.3 Å². The summed E-state index contributed by atoms with van der Waals surface area (Å²) in [6.45, 7) is 0. The molecule has 0 saturated carbocycles. The zero-order valence-corrected chi connectivity index (χ0v) is 34.9. The van der Waals surface area contributed by atoms with Gasteiger partial charge in [0, 0.05) is 49.3 Å². The molecule has 0 unspecified atom stereocenters. The van der Waals surface area contributed by atoms with E-state index in [1.165, 1.54) is 44.5 Å². The van der Waals surface area contributed by atoms with E-state index in [1.807, 2.05) is 24.3 Å². The third-order valence-corrected chi connectivity index (χ3v) is 14.3. The zero-order valence-electron chi connectivity index (χ0n) is 34.9. The first kappa shape index (κ1) is 34.9. The highest BCUT2D eigenvalue weighted by Crippen LogP contribution is 2.63. The molecule has 10 aromatic carbocycles. The maximum absolute atomic E-state index is 7.21. The van der Waals surface area contributed by atoms with Crippen molar-refractivity contribution >= 4 is 82.9 Å². The number of para-hydroxylation sites is 4. The smallest absolute Gasteiger partial charge is 0.145 e. The minimum Gasteiger partial charge on any atom is -0.456 e. The molecular weight excluding hydrogens is 795 g/mol. The van der Waals surface area contributed by atoms with E-state index in [9.17, 15) is 0 Å². The number of anilines is 3. The molecule has 2 aliphatic rings. The topological polar surface area (TPSA) is 42.7 Å². The first-order valence-corrected chi connectivity index (χ1v) is 22.2. The largest absolute Gasteiger partial charge is 0.456 e. The summed E-state index contributed by atoms with van der Waals surface area (Å²) in [5.41, 5.74) is 19.7. The Bertz CT molecular complexity index is 4080. The van der Waals surface area contributed by atoms with Crippen LogP contribution in [0.4, 0.5) is 17.1 Å². The average molecular weight is 830 g/mol. The third-order valence-electron chi connectivity index (χ3n) is 14.3. The quantitative estimate of drug-likeness (QED) is 0.177. The van der Waals surface area contributed by atoms with Crippen LogP contribution in [0.5, 0.6) is 0 Å². The van der Waals surface area contributed by atoms with Gasteiger partial charge in [0.1, 0.15) is 33.5 Å². The Morgan fingerprint density at radius 1 is 0.308 bits per heavy atom. The highest BCUT2D eigenvalue weighted by atomic mass is 16.3. The molecule has 4 nitrogen and oxygen atoms in total. The highest BCUT2D eigenvalue weighted by molar-refractivity contribution is 6.28. The average Bonchev–Trinajstić information content (AvgIpc) is 4.17. The van der Waals surface area contributed by atoms with Crippen molar-refractivity contribution in [3.8, 4) is 33.4 Å². The second kappa shape index (κ2) is 12.7. The van der Waals surface area contributed by atoms with Crippen LogP contribution >= 0.6 is 0 Å². The Balaban J connectivity index is 1.06. The maximum atomic E-state index is 7.21. The van der Waals surface area contributed by atoms with Gasteiger partial charge in [-0.3, -0.25) is 0 Å². The summed E-state index contributed by atoms with van der Waals surface area (Å²) < 4.78 is 20.5. The third kappa shape index (κ3) is 4.50. The Labute approximate surface area is 372 Å². The first-order valence-electron chi connectivity index (χ1n) is 22.2. The maximum Gasteiger partial charge on any atom is 0.145 e. The van der Waals surface area contributed by atoms with Gasteiger partial charge >= 0.3 is 0 Å². The van der Waals surface area contributed by atoms with E-state index in [2.05, 4.69) is 193 Å². The van der Waals surface area contributed by atoms with Crippen LogP contribution in [0.2, 0.25) is 0 Å². The van der Waals surface area contributed by atoms with Crippen LogP contribution in [0.15, 0.2) is 226 Å². The molecule has 0 saturated heterocycles. The second-order valence-corrected chi connectivity index (χ2v) is 17.4. The van der Waals surface area contributed by atoms with Gasteiger partial charge in [-0.25, -0.2) is 0 Å². The number of fused-ring (bicyclic) bond motifs is 20. The van der Waals surface area contributed by atoms with Crippen LogP contribution in [-0.2, 0) is 5.41 Å². The number of nitrogens with zero attached hydrogens (tertiary/aromatic N) is 1. The van der Waals surface area contributed by atoms with Gasteiger partial charge in [-0.05, 0) is 105 Å². The van der Waals surface area contributed by atoms with Crippen LogP contribution < -0.4 is 4.90 Å². The fourth-order valence-electron chi connectivity index (χ4n) is 11.8. The molecule has 302 valence electrons. The van der Waals surface area contributed by atoms with E-state index >= 15 is 0 Å². The first-order chi connectivity index (χ1) is 32.3. The Morgan fingerprint density at radius 2 is 0.846 bits per heavy atom. The van der Waals surface area contributed by atoms with Crippen molar-refractivity contribution in [1.29, 1.82) is 0 Å². The molecule has 15 rings (SSSR count). The molecule has 0 bridgehead atoms. The molecule has 0 amide bonds. The molecule has 0 N–H and O–H groups in total. The fraction of sp³-hybridized carbons (Fsp3) is 0.0164. The van der Waals surface area contributed by atoms with Gasteiger partial charge in [0.15, 0.2) is 0 Å². The zero-order chi connectivity index (χ0) is 42.4. The summed E-state index contributed by atoms with van der Waals surface area (Å²) in [6, 6.07) is 76.5.